The van der Waals surface area contributed by atoms with E-state index in [-0.39, 0.29) is 42.6 Å². The molecule has 2 saturated heterocycles. The molecule has 1 aliphatic carbocycles. The molecule has 4 atom stereocenters. The molecule has 1 amide bonds. The van der Waals surface area contributed by atoms with Gasteiger partial charge in [0.05, 0.1) is 31.7 Å². The number of nitrogens with zero attached hydrogens (tertiary/aromatic N) is 1. The lowest BCUT2D eigenvalue weighted by Gasteiger charge is -2.47. The van der Waals surface area contributed by atoms with Gasteiger partial charge in [0.2, 0.25) is 5.91 Å². The van der Waals surface area contributed by atoms with Gasteiger partial charge in [-0.2, -0.15) is 13.2 Å². The molecule has 2 aromatic carbocycles. The molecule has 1 saturated carbocycles. The number of halogens is 4. The Balaban J connectivity index is 0.00000337. The number of nitrogens with two attached hydrogens (primary N) is 1. The number of hydrogen-bond donors (Lipinski definition) is 1. The molecule has 3 heterocycles. The van der Waals surface area contributed by atoms with Crippen LogP contribution >= 0.6 is 0 Å². The van der Waals surface area contributed by atoms with Gasteiger partial charge in [-0.15, -0.1) is 0 Å². The summed E-state index contributed by atoms with van der Waals surface area (Å²) in [6.45, 7) is 1.32. The highest BCUT2D eigenvalue weighted by Gasteiger charge is 2.56. The second kappa shape index (κ2) is 12.5. The summed E-state index contributed by atoms with van der Waals surface area (Å²) in [4.78, 5) is 16.8. The Hall–Kier alpha value is -2.29. The molecule has 3 aliphatic heterocycles. The summed E-state index contributed by atoms with van der Waals surface area (Å²) in [5, 5.41) is 2.18. The second-order valence-corrected chi connectivity index (χ2v) is 12.2. The SMILES string of the molecule is O=C([C@@H]1C[NH2+]C[C@]12COCc1c(OCC(F)(F)F)cccc12)N1CC[C@@H](c2ccccc2)C[C@H]1C1CCCCC1.[Cl-]. The summed E-state index contributed by atoms with van der Waals surface area (Å²) in [6, 6.07) is 16.2. The molecule has 2 N–H and O–H groups in total. The molecule has 2 aromatic rings. The standard InChI is InChI=1S/C32H39F3N2O3.ClH/c33-32(34,35)21-40-29-13-7-12-26-25(29)18-39-20-31(26)19-36-17-27(31)30(38)37-15-14-24(22-8-3-1-4-9-22)16-28(37)23-10-5-2-6-11-23;/h1,3-4,7-9,12-13,23-24,27-28,36H,2,5-6,10-11,14-21H2;1H/t24-,27+,28+,31-;/m1./s1. The number of alkyl halides is 3. The minimum atomic E-state index is -4.42. The summed E-state index contributed by atoms with van der Waals surface area (Å²) in [7, 11) is 0. The van der Waals surface area contributed by atoms with Gasteiger partial charge in [-0.25, -0.2) is 0 Å². The molecular formula is C32H40ClF3N2O3. The van der Waals surface area contributed by atoms with Gasteiger partial charge in [0.25, 0.3) is 0 Å². The van der Waals surface area contributed by atoms with E-state index in [1.807, 2.05) is 6.07 Å². The summed E-state index contributed by atoms with van der Waals surface area (Å²) in [6.07, 6.45) is 3.58. The molecule has 0 aromatic heterocycles. The lowest BCUT2D eigenvalue weighted by molar-refractivity contribution is -0.640. The first-order valence-electron chi connectivity index (χ1n) is 14.9. The van der Waals surface area contributed by atoms with E-state index in [2.05, 4.69) is 40.5 Å². The number of carbonyl (C=O) groups is 1. The van der Waals surface area contributed by atoms with Gasteiger partial charge in [0.1, 0.15) is 11.7 Å². The molecule has 5 nitrogen and oxygen atoms in total. The van der Waals surface area contributed by atoms with Gasteiger partial charge < -0.3 is 32.1 Å². The topological polar surface area (TPSA) is 55.4 Å². The van der Waals surface area contributed by atoms with Gasteiger partial charge in [-0.1, -0.05) is 61.7 Å². The van der Waals surface area contributed by atoms with Crippen LogP contribution in [0.2, 0.25) is 0 Å². The Labute approximate surface area is 246 Å². The van der Waals surface area contributed by atoms with Crippen molar-refractivity contribution < 1.29 is 45.2 Å². The first kappa shape index (κ1) is 30.2. The molecule has 41 heavy (non-hydrogen) atoms. The predicted octanol–water partition coefficient (Wildman–Crippen LogP) is 1.95. The molecule has 6 rings (SSSR count). The molecule has 1 spiro atoms. The summed E-state index contributed by atoms with van der Waals surface area (Å²) in [5.74, 6) is 1.07. The summed E-state index contributed by atoms with van der Waals surface area (Å²) >= 11 is 0. The minimum Gasteiger partial charge on any atom is -1.00 e. The maximum atomic E-state index is 14.6. The fraction of sp³-hybridized carbons (Fsp3) is 0.594. The Bertz CT molecular complexity index is 1190. The van der Waals surface area contributed by atoms with Gasteiger partial charge >= 0.3 is 6.18 Å². The fourth-order valence-electron chi connectivity index (χ4n) is 8.02. The maximum Gasteiger partial charge on any atom is 0.422 e. The van der Waals surface area contributed by atoms with Gasteiger partial charge in [0, 0.05) is 18.2 Å². The van der Waals surface area contributed by atoms with Crippen molar-refractivity contribution >= 4 is 5.91 Å². The third-order valence-corrected chi connectivity index (χ3v) is 9.94. The van der Waals surface area contributed by atoms with Crippen LogP contribution in [0.3, 0.4) is 0 Å². The predicted molar refractivity (Wildman–Crippen MR) is 145 cm³/mol. The Morgan fingerprint density at radius 3 is 2.59 bits per heavy atom. The van der Waals surface area contributed by atoms with E-state index in [0.717, 1.165) is 24.9 Å². The number of piperidine rings is 1. The number of quaternary nitrogens is 1. The highest BCUT2D eigenvalue weighted by molar-refractivity contribution is 5.82. The van der Waals surface area contributed by atoms with Crippen LogP contribution in [0.5, 0.6) is 5.75 Å². The largest absolute Gasteiger partial charge is 1.00 e. The molecule has 0 bridgehead atoms. The number of benzene rings is 2. The van der Waals surface area contributed by atoms with Crippen molar-refractivity contribution in [1.29, 1.82) is 0 Å². The van der Waals surface area contributed by atoms with Crippen LogP contribution in [-0.2, 0) is 21.6 Å². The highest BCUT2D eigenvalue weighted by atomic mass is 35.5. The molecule has 9 heteroatoms. The highest BCUT2D eigenvalue weighted by Crippen LogP contribution is 2.45. The number of ether oxygens (including phenoxy) is 2. The first-order chi connectivity index (χ1) is 19.4. The zero-order chi connectivity index (χ0) is 27.7. The Kier molecular flexibility index (Phi) is 9.22. The number of carbonyl (C=O) groups excluding carboxylic acids is 1. The third-order valence-electron chi connectivity index (χ3n) is 9.94. The molecule has 0 unspecified atom stereocenters. The number of rotatable bonds is 5. The maximum absolute atomic E-state index is 14.6. The zero-order valence-electron chi connectivity index (χ0n) is 23.4. The van der Waals surface area contributed by atoms with E-state index in [0.29, 0.717) is 37.1 Å². The van der Waals surface area contributed by atoms with Crippen LogP contribution in [0, 0.1) is 11.8 Å². The van der Waals surface area contributed by atoms with Gasteiger partial charge in [-0.05, 0) is 54.7 Å². The quantitative estimate of drug-likeness (QED) is 0.578. The molecule has 4 aliphatic rings. The normalized spacial score (nSPS) is 28.7. The van der Waals surface area contributed by atoms with E-state index in [4.69, 9.17) is 9.47 Å². The molecule has 3 fully saturated rings. The van der Waals surface area contributed by atoms with E-state index < -0.39 is 18.2 Å². The van der Waals surface area contributed by atoms with E-state index in [1.54, 1.807) is 12.1 Å². The van der Waals surface area contributed by atoms with Gasteiger partial charge in [-0.3, -0.25) is 4.79 Å². The van der Waals surface area contributed by atoms with Crippen LogP contribution in [0.15, 0.2) is 48.5 Å². The van der Waals surface area contributed by atoms with Crippen molar-refractivity contribution in [1.82, 2.24) is 4.90 Å². The van der Waals surface area contributed by atoms with E-state index in [9.17, 15) is 18.0 Å². The zero-order valence-corrected chi connectivity index (χ0v) is 24.1. The molecule has 0 radical (unpaired) electrons. The van der Waals surface area contributed by atoms with Crippen molar-refractivity contribution in [2.45, 2.75) is 75.1 Å². The van der Waals surface area contributed by atoms with E-state index in [1.165, 1.54) is 37.7 Å². The lowest BCUT2D eigenvalue weighted by atomic mass is 9.68. The number of likely N-dealkylation sites (tertiary alicyclic amines) is 1. The smallest absolute Gasteiger partial charge is 0.422 e. The van der Waals surface area contributed by atoms with Crippen LogP contribution < -0.4 is 22.5 Å². The number of hydrogen-bond acceptors (Lipinski definition) is 3. The average Bonchev–Trinajstić information content (AvgIpc) is 3.40. The Morgan fingerprint density at radius 2 is 1.83 bits per heavy atom. The summed E-state index contributed by atoms with van der Waals surface area (Å²) < 4.78 is 50.1. The van der Waals surface area contributed by atoms with Crippen molar-refractivity contribution in [3.63, 3.8) is 0 Å². The van der Waals surface area contributed by atoms with E-state index >= 15 is 0 Å². The first-order valence-corrected chi connectivity index (χ1v) is 14.9. The van der Waals surface area contributed by atoms with Crippen LogP contribution in [0.25, 0.3) is 0 Å². The van der Waals surface area contributed by atoms with Crippen molar-refractivity contribution in [2.24, 2.45) is 11.8 Å². The molecule has 224 valence electrons. The monoisotopic (exact) mass is 592 g/mol. The van der Waals surface area contributed by atoms with Crippen LogP contribution in [-0.4, -0.2) is 55.9 Å². The Morgan fingerprint density at radius 1 is 1.05 bits per heavy atom. The lowest BCUT2D eigenvalue weighted by Crippen LogP contribution is -3.00. The van der Waals surface area contributed by atoms with Gasteiger partial charge in [0.15, 0.2) is 6.61 Å². The van der Waals surface area contributed by atoms with Crippen molar-refractivity contribution in [3.8, 4) is 5.75 Å². The number of fused-ring (bicyclic) bond motifs is 2. The fourth-order valence-corrected chi connectivity index (χ4v) is 8.02. The molecular weight excluding hydrogens is 553 g/mol. The van der Waals surface area contributed by atoms with Crippen molar-refractivity contribution in [2.75, 3.05) is 32.8 Å². The number of amides is 1. The summed E-state index contributed by atoms with van der Waals surface area (Å²) in [5.41, 5.74) is 2.36. The van der Waals surface area contributed by atoms with Crippen molar-refractivity contribution in [3.05, 3.63) is 65.2 Å². The van der Waals surface area contributed by atoms with Crippen LogP contribution in [0.4, 0.5) is 13.2 Å². The third kappa shape index (κ3) is 6.11. The second-order valence-electron chi connectivity index (χ2n) is 12.2. The van der Waals surface area contributed by atoms with Crippen LogP contribution in [0.1, 0.15) is 67.6 Å². The average molecular weight is 593 g/mol. The minimum absolute atomic E-state index is 0.